The quantitative estimate of drug-likeness (QED) is 0.354. The van der Waals surface area contributed by atoms with Crippen LogP contribution < -0.4 is 5.32 Å². The van der Waals surface area contributed by atoms with E-state index in [0.29, 0.717) is 0 Å². The fraction of sp³-hybridized carbons (Fsp3) is 1.00. The highest BCUT2D eigenvalue weighted by Crippen LogP contribution is 2.32. The van der Waals surface area contributed by atoms with Crippen molar-refractivity contribution in [3.8, 4) is 0 Å². The highest BCUT2D eigenvalue weighted by Gasteiger charge is 2.22. The topological polar surface area (TPSA) is 12.0 Å². The van der Waals surface area contributed by atoms with Crippen molar-refractivity contribution in [3.05, 3.63) is 0 Å². The summed E-state index contributed by atoms with van der Waals surface area (Å²) in [4.78, 5) is 0. The summed E-state index contributed by atoms with van der Waals surface area (Å²) in [5.41, 5.74) is 0. The van der Waals surface area contributed by atoms with Crippen LogP contribution in [0.5, 0.6) is 0 Å². The van der Waals surface area contributed by atoms with Crippen molar-refractivity contribution >= 4 is 0 Å². The Morgan fingerprint density at radius 2 is 1.52 bits per heavy atom. The lowest BCUT2D eigenvalue weighted by molar-refractivity contribution is 0.272. The first-order chi connectivity index (χ1) is 10.2. The van der Waals surface area contributed by atoms with Crippen LogP contribution >= 0.6 is 0 Å². The Morgan fingerprint density at radius 3 is 2.24 bits per heavy atom. The molecule has 2 unspecified atom stereocenters. The van der Waals surface area contributed by atoms with Gasteiger partial charge in [0.2, 0.25) is 0 Å². The van der Waals surface area contributed by atoms with Gasteiger partial charge in [-0.3, -0.25) is 0 Å². The maximum atomic E-state index is 3.73. The maximum absolute atomic E-state index is 3.73. The van der Waals surface area contributed by atoms with E-state index in [1.165, 1.54) is 90.1 Å². The standard InChI is InChI=1S/C20H41N/c1-4-5-6-7-8-10-13-19-14-11-9-12-15-20(19)17-21-16-18(2)3/h18-21H,4-17H2,1-3H3. The van der Waals surface area contributed by atoms with Crippen LogP contribution in [-0.2, 0) is 0 Å². The van der Waals surface area contributed by atoms with Gasteiger partial charge in [-0.1, -0.05) is 91.4 Å². The molecular formula is C20H41N. The van der Waals surface area contributed by atoms with Gasteiger partial charge in [-0.15, -0.1) is 0 Å². The van der Waals surface area contributed by atoms with Crippen molar-refractivity contribution in [2.75, 3.05) is 13.1 Å². The summed E-state index contributed by atoms with van der Waals surface area (Å²) >= 11 is 0. The molecule has 0 saturated heterocycles. The van der Waals surface area contributed by atoms with E-state index in [-0.39, 0.29) is 0 Å². The molecule has 0 aromatic rings. The second kappa shape index (κ2) is 12.5. The Labute approximate surface area is 134 Å². The predicted molar refractivity (Wildman–Crippen MR) is 95.8 cm³/mol. The highest BCUT2D eigenvalue weighted by atomic mass is 14.9. The summed E-state index contributed by atoms with van der Waals surface area (Å²) in [7, 11) is 0. The minimum absolute atomic E-state index is 0.785. The van der Waals surface area contributed by atoms with Gasteiger partial charge in [-0.05, 0) is 37.3 Å². The zero-order valence-electron chi connectivity index (χ0n) is 15.1. The van der Waals surface area contributed by atoms with E-state index in [0.717, 1.165) is 17.8 Å². The fourth-order valence-electron chi connectivity index (χ4n) is 3.85. The predicted octanol–water partition coefficient (Wildman–Crippen LogP) is 6.18. The summed E-state index contributed by atoms with van der Waals surface area (Å²) in [6, 6.07) is 0. The average molecular weight is 296 g/mol. The number of unbranched alkanes of at least 4 members (excludes halogenated alkanes) is 5. The van der Waals surface area contributed by atoms with Crippen LogP contribution in [0.15, 0.2) is 0 Å². The summed E-state index contributed by atoms with van der Waals surface area (Å²) in [6.07, 6.45) is 17.6. The zero-order chi connectivity index (χ0) is 15.3. The summed E-state index contributed by atoms with van der Waals surface area (Å²) < 4.78 is 0. The second-order valence-electron chi connectivity index (χ2n) is 7.77. The molecule has 1 rings (SSSR count). The monoisotopic (exact) mass is 295 g/mol. The largest absolute Gasteiger partial charge is 0.316 e. The van der Waals surface area contributed by atoms with Crippen LogP contribution in [0.1, 0.15) is 97.8 Å². The van der Waals surface area contributed by atoms with E-state index in [4.69, 9.17) is 0 Å². The molecular weight excluding hydrogens is 254 g/mol. The van der Waals surface area contributed by atoms with Crippen molar-refractivity contribution in [1.82, 2.24) is 5.32 Å². The Balaban J connectivity index is 2.21. The van der Waals surface area contributed by atoms with Crippen molar-refractivity contribution in [3.63, 3.8) is 0 Å². The van der Waals surface area contributed by atoms with Gasteiger partial charge in [0, 0.05) is 0 Å². The van der Waals surface area contributed by atoms with Gasteiger partial charge in [0.1, 0.15) is 0 Å². The molecule has 1 aliphatic rings. The van der Waals surface area contributed by atoms with Gasteiger partial charge in [0.25, 0.3) is 0 Å². The van der Waals surface area contributed by atoms with Crippen molar-refractivity contribution in [2.24, 2.45) is 17.8 Å². The van der Waals surface area contributed by atoms with E-state index in [1.807, 2.05) is 0 Å². The lowest BCUT2D eigenvalue weighted by Gasteiger charge is -2.26. The number of nitrogens with one attached hydrogen (secondary N) is 1. The molecule has 0 radical (unpaired) electrons. The average Bonchev–Trinajstić information content (AvgIpc) is 2.68. The van der Waals surface area contributed by atoms with Crippen LogP contribution in [0.2, 0.25) is 0 Å². The molecule has 0 aromatic carbocycles. The third-order valence-electron chi connectivity index (χ3n) is 5.20. The summed E-state index contributed by atoms with van der Waals surface area (Å²) in [5.74, 6) is 2.76. The molecule has 0 bridgehead atoms. The third-order valence-corrected chi connectivity index (χ3v) is 5.20. The van der Waals surface area contributed by atoms with Crippen LogP contribution in [-0.4, -0.2) is 13.1 Å². The fourth-order valence-corrected chi connectivity index (χ4v) is 3.85. The van der Waals surface area contributed by atoms with E-state index in [9.17, 15) is 0 Å². The molecule has 1 saturated carbocycles. The van der Waals surface area contributed by atoms with Crippen molar-refractivity contribution in [1.29, 1.82) is 0 Å². The Kier molecular flexibility index (Phi) is 11.3. The molecule has 0 amide bonds. The second-order valence-corrected chi connectivity index (χ2v) is 7.77. The van der Waals surface area contributed by atoms with Crippen molar-refractivity contribution < 1.29 is 0 Å². The molecule has 0 aromatic heterocycles. The molecule has 1 nitrogen and oxygen atoms in total. The molecule has 0 spiro atoms. The molecule has 1 N–H and O–H groups in total. The normalized spacial score (nSPS) is 23.4. The van der Waals surface area contributed by atoms with Crippen LogP contribution in [0.3, 0.4) is 0 Å². The Bertz CT molecular complexity index is 224. The summed E-state index contributed by atoms with van der Waals surface area (Å²) in [6.45, 7) is 9.40. The molecule has 1 fully saturated rings. The van der Waals surface area contributed by atoms with Gasteiger partial charge < -0.3 is 5.32 Å². The van der Waals surface area contributed by atoms with Crippen LogP contribution in [0.25, 0.3) is 0 Å². The molecule has 126 valence electrons. The third kappa shape index (κ3) is 9.55. The lowest BCUT2D eigenvalue weighted by Crippen LogP contribution is -2.30. The highest BCUT2D eigenvalue weighted by molar-refractivity contribution is 4.76. The van der Waals surface area contributed by atoms with Gasteiger partial charge in [-0.25, -0.2) is 0 Å². The van der Waals surface area contributed by atoms with Gasteiger partial charge in [0.05, 0.1) is 0 Å². The zero-order valence-corrected chi connectivity index (χ0v) is 15.1. The van der Waals surface area contributed by atoms with E-state index in [1.54, 1.807) is 0 Å². The molecule has 0 heterocycles. The van der Waals surface area contributed by atoms with Crippen LogP contribution in [0.4, 0.5) is 0 Å². The number of rotatable bonds is 11. The van der Waals surface area contributed by atoms with E-state index in [2.05, 4.69) is 26.1 Å². The van der Waals surface area contributed by atoms with Crippen molar-refractivity contribution in [2.45, 2.75) is 97.8 Å². The molecule has 1 aliphatic carbocycles. The number of hydrogen-bond donors (Lipinski definition) is 1. The smallest absolute Gasteiger partial charge is 0.00178 e. The molecule has 1 heteroatoms. The van der Waals surface area contributed by atoms with Gasteiger partial charge in [-0.2, -0.15) is 0 Å². The van der Waals surface area contributed by atoms with E-state index >= 15 is 0 Å². The first kappa shape index (κ1) is 19.0. The SMILES string of the molecule is CCCCCCCCC1CCCCCC1CNCC(C)C. The van der Waals surface area contributed by atoms with Gasteiger partial charge >= 0.3 is 0 Å². The molecule has 2 atom stereocenters. The minimum Gasteiger partial charge on any atom is -0.316 e. The van der Waals surface area contributed by atoms with E-state index < -0.39 is 0 Å². The molecule has 21 heavy (non-hydrogen) atoms. The lowest BCUT2D eigenvalue weighted by atomic mass is 9.83. The Morgan fingerprint density at radius 1 is 0.857 bits per heavy atom. The van der Waals surface area contributed by atoms with Crippen LogP contribution in [0, 0.1) is 17.8 Å². The Hall–Kier alpha value is -0.0400. The summed E-state index contributed by atoms with van der Waals surface area (Å²) in [5, 5.41) is 3.73. The first-order valence-electron chi connectivity index (χ1n) is 9.94. The van der Waals surface area contributed by atoms with Gasteiger partial charge in [0.15, 0.2) is 0 Å². The number of hydrogen-bond acceptors (Lipinski definition) is 1. The maximum Gasteiger partial charge on any atom is -0.00178 e. The first-order valence-corrected chi connectivity index (χ1v) is 9.94. The molecule has 0 aliphatic heterocycles. The minimum atomic E-state index is 0.785.